The van der Waals surface area contributed by atoms with Crippen LogP contribution in [0, 0.1) is 0 Å². The number of ether oxygens (including phenoxy) is 1. The second-order valence-corrected chi connectivity index (χ2v) is 4.34. The molecule has 1 amide bonds. The van der Waals surface area contributed by atoms with Gasteiger partial charge in [0.2, 0.25) is 0 Å². The van der Waals surface area contributed by atoms with Crippen LogP contribution in [0.2, 0.25) is 0 Å². The molecule has 0 N–H and O–H groups in total. The Morgan fingerprint density at radius 1 is 1.50 bits per heavy atom. The van der Waals surface area contributed by atoms with Gasteiger partial charge in [-0.3, -0.25) is 14.4 Å². The smallest absolute Gasteiger partial charge is 0.302 e. The number of aromatic nitrogens is 1. The van der Waals surface area contributed by atoms with E-state index in [-0.39, 0.29) is 12.3 Å². The van der Waals surface area contributed by atoms with E-state index in [0.29, 0.717) is 10.0 Å². The molecular formula is C11H13BrN2O4. The van der Waals surface area contributed by atoms with Crippen LogP contribution in [0.4, 0.5) is 0 Å². The molecule has 0 unspecified atom stereocenters. The van der Waals surface area contributed by atoms with Crippen molar-refractivity contribution in [1.29, 1.82) is 0 Å². The van der Waals surface area contributed by atoms with Crippen molar-refractivity contribution < 1.29 is 19.2 Å². The maximum absolute atomic E-state index is 11.9. The third-order valence-electron chi connectivity index (χ3n) is 2.13. The molecule has 0 saturated heterocycles. The standard InChI is InChI=1S/C11H13BrN2O4/c1-7(15)18-6-8-4-9(12)5-13-10(8)11(16)14(2)17-3/h4-5H,6H2,1-3H3. The minimum absolute atomic E-state index is 0.0135. The number of esters is 1. The average Bonchev–Trinajstić information content (AvgIpc) is 2.34. The van der Waals surface area contributed by atoms with Gasteiger partial charge in [-0.15, -0.1) is 0 Å². The average molecular weight is 317 g/mol. The van der Waals surface area contributed by atoms with E-state index in [1.807, 2.05) is 0 Å². The quantitative estimate of drug-likeness (QED) is 0.622. The van der Waals surface area contributed by atoms with E-state index in [2.05, 4.69) is 20.9 Å². The zero-order valence-electron chi connectivity index (χ0n) is 10.3. The number of pyridine rings is 1. The van der Waals surface area contributed by atoms with Crippen molar-refractivity contribution in [2.45, 2.75) is 13.5 Å². The second kappa shape index (κ2) is 6.46. The molecule has 1 aromatic heterocycles. The predicted molar refractivity (Wildman–Crippen MR) is 66.5 cm³/mol. The van der Waals surface area contributed by atoms with Gasteiger partial charge in [0.1, 0.15) is 12.3 Å². The highest BCUT2D eigenvalue weighted by Gasteiger charge is 2.18. The summed E-state index contributed by atoms with van der Waals surface area (Å²) in [5.41, 5.74) is 0.692. The Hall–Kier alpha value is -1.47. The monoisotopic (exact) mass is 316 g/mol. The van der Waals surface area contributed by atoms with Crippen molar-refractivity contribution in [2.75, 3.05) is 14.2 Å². The molecule has 0 fully saturated rings. The summed E-state index contributed by atoms with van der Waals surface area (Å²) in [6.45, 7) is 1.29. The van der Waals surface area contributed by atoms with Gasteiger partial charge in [0.25, 0.3) is 5.91 Å². The highest BCUT2D eigenvalue weighted by atomic mass is 79.9. The predicted octanol–water partition coefficient (Wildman–Crippen LogP) is 1.54. The van der Waals surface area contributed by atoms with Crippen LogP contribution in [0.25, 0.3) is 0 Å². The lowest BCUT2D eigenvalue weighted by Crippen LogP contribution is -2.27. The van der Waals surface area contributed by atoms with E-state index < -0.39 is 11.9 Å². The van der Waals surface area contributed by atoms with Crippen molar-refractivity contribution in [1.82, 2.24) is 10.0 Å². The number of hydroxylamine groups is 2. The lowest BCUT2D eigenvalue weighted by atomic mass is 10.2. The molecule has 0 aliphatic rings. The lowest BCUT2D eigenvalue weighted by molar-refractivity contribution is -0.142. The fourth-order valence-electron chi connectivity index (χ4n) is 1.20. The Morgan fingerprint density at radius 3 is 2.72 bits per heavy atom. The first-order valence-corrected chi connectivity index (χ1v) is 5.85. The first kappa shape index (κ1) is 14.6. The third-order valence-corrected chi connectivity index (χ3v) is 2.56. The molecule has 1 rings (SSSR count). The van der Waals surface area contributed by atoms with Crippen LogP contribution in [0.5, 0.6) is 0 Å². The van der Waals surface area contributed by atoms with Crippen molar-refractivity contribution in [2.24, 2.45) is 0 Å². The van der Waals surface area contributed by atoms with Crippen LogP contribution >= 0.6 is 15.9 Å². The van der Waals surface area contributed by atoms with Crippen LogP contribution in [0.3, 0.4) is 0 Å². The molecular weight excluding hydrogens is 304 g/mol. The maximum Gasteiger partial charge on any atom is 0.302 e. The number of halogens is 1. The van der Waals surface area contributed by atoms with Crippen LogP contribution < -0.4 is 0 Å². The topological polar surface area (TPSA) is 68.7 Å². The molecule has 18 heavy (non-hydrogen) atoms. The zero-order valence-corrected chi connectivity index (χ0v) is 11.9. The van der Waals surface area contributed by atoms with E-state index in [4.69, 9.17) is 9.57 Å². The number of rotatable bonds is 4. The molecule has 98 valence electrons. The number of amides is 1. The Labute approximate surface area is 113 Å². The number of hydrogen-bond donors (Lipinski definition) is 0. The molecule has 0 radical (unpaired) electrons. The third kappa shape index (κ3) is 3.78. The van der Waals surface area contributed by atoms with Crippen molar-refractivity contribution in [3.8, 4) is 0 Å². The molecule has 0 aromatic carbocycles. The molecule has 0 aliphatic carbocycles. The van der Waals surface area contributed by atoms with E-state index >= 15 is 0 Å². The lowest BCUT2D eigenvalue weighted by Gasteiger charge is -2.15. The highest BCUT2D eigenvalue weighted by molar-refractivity contribution is 9.10. The van der Waals surface area contributed by atoms with Crippen LogP contribution in [-0.2, 0) is 21.0 Å². The molecule has 0 atom stereocenters. The largest absolute Gasteiger partial charge is 0.461 e. The number of hydrogen-bond acceptors (Lipinski definition) is 5. The van der Waals surface area contributed by atoms with Gasteiger partial charge in [0.05, 0.1) is 7.11 Å². The van der Waals surface area contributed by atoms with Crippen molar-refractivity contribution in [3.05, 3.63) is 28.0 Å². The summed E-state index contributed by atoms with van der Waals surface area (Å²) >= 11 is 3.25. The summed E-state index contributed by atoms with van der Waals surface area (Å²) in [5, 5.41) is 1.05. The van der Waals surface area contributed by atoms with Gasteiger partial charge in [0.15, 0.2) is 0 Å². The molecule has 0 saturated carbocycles. The van der Waals surface area contributed by atoms with Gasteiger partial charge in [-0.25, -0.2) is 10.0 Å². The van der Waals surface area contributed by atoms with E-state index in [9.17, 15) is 9.59 Å². The number of carbonyl (C=O) groups is 2. The van der Waals surface area contributed by atoms with Gasteiger partial charge in [-0.05, 0) is 22.0 Å². The van der Waals surface area contributed by atoms with E-state index in [0.717, 1.165) is 5.06 Å². The minimum atomic E-state index is -0.423. The van der Waals surface area contributed by atoms with Gasteiger partial charge in [-0.2, -0.15) is 0 Å². The summed E-state index contributed by atoms with van der Waals surface area (Å²) in [4.78, 5) is 31.6. The first-order chi connectivity index (χ1) is 8.45. The number of nitrogens with zero attached hydrogens (tertiary/aromatic N) is 2. The van der Waals surface area contributed by atoms with E-state index in [1.165, 1.54) is 27.3 Å². The van der Waals surface area contributed by atoms with Gasteiger partial charge < -0.3 is 4.74 Å². The first-order valence-electron chi connectivity index (χ1n) is 5.05. The fourth-order valence-corrected chi connectivity index (χ4v) is 1.57. The summed E-state index contributed by atoms with van der Waals surface area (Å²) in [7, 11) is 2.85. The zero-order chi connectivity index (χ0) is 13.7. The molecule has 7 heteroatoms. The molecule has 1 heterocycles. The highest BCUT2D eigenvalue weighted by Crippen LogP contribution is 2.16. The summed E-state index contributed by atoms with van der Waals surface area (Å²) in [5.74, 6) is -0.833. The van der Waals surface area contributed by atoms with Crippen LogP contribution in [0.1, 0.15) is 23.0 Å². The Balaban J connectivity index is 3.02. The maximum atomic E-state index is 11.9. The second-order valence-electron chi connectivity index (χ2n) is 3.43. The summed E-state index contributed by atoms with van der Waals surface area (Å²) < 4.78 is 5.57. The van der Waals surface area contributed by atoms with Gasteiger partial charge in [0, 0.05) is 30.2 Å². The minimum Gasteiger partial charge on any atom is -0.461 e. The Bertz CT molecular complexity index is 464. The van der Waals surface area contributed by atoms with Crippen molar-refractivity contribution >= 4 is 27.8 Å². The van der Waals surface area contributed by atoms with Crippen molar-refractivity contribution in [3.63, 3.8) is 0 Å². The molecule has 0 spiro atoms. The Morgan fingerprint density at radius 2 is 2.17 bits per heavy atom. The van der Waals surface area contributed by atoms with Crippen LogP contribution in [-0.4, -0.2) is 36.1 Å². The fraction of sp³-hybridized carbons (Fsp3) is 0.364. The van der Waals surface area contributed by atoms with Crippen LogP contribution in [0.15, 0.2) is 16.7 Å². The van der Waals surface area contributed by atoms with Gasteiger partial charge >= 0.3 is 5.97 Å². The number of carbonyl (C=O) groups excluding carboxylic acids is 2. The summed E-state index contributed by atoms with van der Waals surface area (Å²) in [6.07, 6.45) is 1.49. The van der Waals surface area contributed by atoms with Gasteiger partial charge in [-0.1, -0.05) is 0 Å². The Kier molecular flexibility index (Phi) is 5.24. The molecule has 0 bridgehead atoms. The molecule has 6 nitrogen and oxygen atoms in total. The van der Waals surface area contributed by atoms with E-state index in [1.54, 1.807) is 6.07 Å². The normalized spacial score (nSPS) is 10.0. The molecule has 0 aliphatic heterocycles. The SMILES string of the molecule is CON(C)C(=O)c1ncc(Br)cc1COC(C)=O. The summed E-state index contributed by atoms with van der Waals surface area (Å²) in [6, 6.07) is 1.67. The molecule has 1 aromatic rings.